The quantitative estimate of drug-likeness (QED) is 0.308. The van der Waals surface area contributed by atoms with Gasteiger partial charge in [0.25, 0.3) is 0 Å². The number of rotatable bonds is 13. The summed E-state index contributed by atoms with van der Waals surface area (Å²) in [5, 5.41) is 17.2. The lowest BCUT2D eigenvalue weighted by atomic mass is 10.0. The van der Waals surface area contributed by atoms with E-state index < -0.39 is 41.7 Å². The van der Waals surface area contributed by atoms with Gasteiger partial charge in [-0.3, -0.25) is 4.79 Å². The van der Waals surface area contributed by atoms with Crippen LogP contribution in [0.25, 0.3) is 0 Å². The number of carbonyl (C=O) groups excluding carboxylic acids is 3. The number of carboxylic acid groups (broad SMARTS) is 1. The summed E-state index contributed by atoms with van der Waals surface area (Å²) in [6.07, 6.45) is 0.159. The molecule has 0 aromatic heterocycles. The minimum atomic E-state index is -1.17. The van der Waals surface area contributed by atoms with Crippen molar-refractivity contribution in [2.45, 2.75) is 84.6 Å². The van der Waals surface area contributed by atoms with Crippen LogP contribution in [-0.4, -0.2) is 53.4 Å². The Hall–Kier alpha value is -3.30. The number of carbonyl (C=O) groups is 4. The lowest BCUT2D eigenvalue weighted by molar-refractivity contribution is -0.142. The highest BCUT2D eigenvalue weighted by Crippen LogP contribution is 2.09. The fraction of sp³-hybridized carbons (Fsp3) is 0.600. The summed E-state index contributed by atoms with van der Waals surface area (Å²) in [6, 6.07) is 7.06. The first-order chi connectivity index (χ1) is 16.4. The fourth-order valence-electron chi connectivity index (χ4n) is 3.12. The Bertz CT molecular complexity index is 822. The van der Waals surface area contributed by atoms with E-state index in [4.69, 9.17) is 9.47 Å². The summed E-state index contributed by atoms with van der Waals surface area (Å²) in [6.45, 7) is 9.44. The molecule has 0 fully saturated rings. The Kier molecular flexibility index (Phi) is 12.6. The van der Waals surface area contributed by atoms with Crippen molar-refractivity contribution in [1.82, 2.24) is 16.0 Å². The maximum absolute atomic E-state index is 12.8. The van der Waals surface area contributed by atoms with E-state index in [1.807, 2.05) is 44.2 Å². The number of benzene rings is 1. The van der Waals surface area contributed by atoms with Gasteiger partial charge in [0.05, 0.1) is 0 Å². The molecule has 4 N–H and O–H groups in total. The number of nitrogens with one attached hydrogen (secondary N) is 3. The van der Waals surface area contributed by atoms with Crippen molar-refractivity contribution in [2.75, 3.05) is 6.54 Å². The van der Waals surface area contributed by atoms with Crippen LogP contribution in [0, 0.1) is 5.92 Å². The van der Waals surface area contributed by atoms with E-state index in [1.165, 1.54) is 0 Å². The zero-order valence-corrected chi connectivity index (χ0v) is 21.3. The lowest BCUT2D eigenvalue weighted by Crippen LogP contribution is -2.52. The molecule has 0 saturated heterocycles. The van der Waals surface area contributed by atoms with E-state index in [2.05, 4.69) is 16.0 Å². The second-order valence-electron chi connectivity index (χ2n) is 9.71. The van der Waals surface area contributed by atoms with E-state index in [-0.39, 0.29) is 18.9 Å². The van der Waals surface area contributed by atoms with Crippen molar-refractivity contribution in [1.29, 1.82) is 0 Å². The third kappa shape index (κ3) is 13.9. The first-order valence-corrected chi connectivity index (χ1v) is 11.8. The minimum Gasteiger partial charge on any atom is -0.480 e. The van der Waals surface area contributed by atoms with E-state index in [9.17, 15) is 24.3 Å². The van der Waals surface area contributed by atoms with Gasteiger partial charge in [-0.05, 0) is 57.9 Å². The van der Waals surface area contributed by atoms with Crippen LogP contribution < -0.4 is 16.0 Å². The summed E-state index contributed by atoms with van der Waals surface area (Å²) in [4.78, 5) is 48.4. The number of aliphatic carboxylic acids is 1. The van der Waals surface area contributed by atoms with Crippen LogP contribution in [0.5, 0.6) is 0 Å². The summed E-state index contributed by atoms with van der Waals surface area (Å²) in [5.74, 6) is -1.69. The first kappa shape index (κ1) is 29.7. The SMILES string of the molecule is CC(C)C[C@@H](NC(=O)OCc1ccccc1)C(=O)N[C@H](CCCCNC(=O)OC(C)(C)C)C(=O)O. The molecule has 2 atom stereocenters. The van der Waals surface area contributed by atoms with Crippen molar-refractivity contribution in [3.8, 4) is 0 Å². The van der Waals surface area contributed by atoms with Gasteiger partial charge >= 0.3 is 18.2 Å². The Balaban J connectivity index is 2.54. The molecule has 0 unspecified atom stereocenters. The van der Waals surface area contributed by atoms with Crippen molar-refractivity contribution in [3.05, 3.63) is 35.9 Å². The van der Waals surface area contributed by atoms with Crippen molar-refractivity contribution >= 4 is 24.1 Å². The highest BCUT2D eigenvalue weighted by Gasteiger charge is 2.27. The molecule has 1 aromatic carbocycles. The monoisotopic (exact) mass is 493 g/mol. The molecule has 0 heterocycles. The normalized spacial score (nSPS) is 12.9. The zero-order valence-electron chi connectivity index (χ0n) is 21.3. The van der Waals surface area contributed by atoms with Gasteiger partial charge in [0.2, 0.25) is 5.91 Å². The second-order valence-corrected chi connectivity index (χ2v) is 9.71. The van der Waals surface area contributed by atoms with Crippen molar-refractivity contribution in [2.24, 2.45) is 5.92 Å². The van der Waals surface area contributed by atoms with E-state index in [0.717, 1.165) is 5.56 Å². The number of unbranched alkanes of at least 4 members (excludes halogenated alkanes) is 1. The standard InChI is InChI=1S/C25H39N3O7/c1-17(2)15-20(28-24(33)34-16-18-11-7-6-8-12-18)21(29)27-19(22(30)31)13-9-10-14-26-23(32)35-25(3,4)5/h6-8,11-12,17,19-20H,9-10,13-16H2,1-5H3,(H,26,32)(H,27,29)(H,28,33)(H,30,31)/t19-,20-/m1/s1. The predicted octanol–water partition coefficient (Wildman–Crippen LogP) is 3.59. The van der Waals surface area contributed by atoms with E-state index in [1.54, 1.807) is 20.8 Å². The molecule has 0 aliphatic heterocycles. The van der Waals surface area contributed by atoms with Crippen molar-refractivity contribution < 1.29 is 33.8 Å². The number of carboxylic acids is 1. The van der Waals surface area contributed by atoms with Crippen LogP contribution in [0.3, 0.4) is 0 Å². The molecule has 10 heteroatoms. The summed E-state index contributed by atoms with van der Waals surface area (Å²) in [5.41, 5.74) is 0.205. The first-order valence-electron chi connectivity index (χ1n) is 11.8. The Labute approximate surface area is 207 Å². The van der Waals surface area contributed by atoms with Crippen molar-refractivity contribution in [3.63, 3.8) is 0 Å². The van der Waals surface area contributed by atoms with Gasteiger partial charge in [0, 0.05) is 6.54 Å². The number of amides is 3. The molecule has 0 radical (unpaired) electrons. The highest BCUT2D eigenvalue weighted by molar-refractivity contribution is 5.89. The van der Waals surface area contributed by atoms with Gasteiger partial charge in [0.15, 0.2) is 0 Å². The number of hydrogen-bond donors (Lipinski definition) is 4. The molecule has 0 aliphatic carbocycles. The van der Waals surface area contributed by atoms with Gasteiger partial charge in [-0.1, -0.05) is 44.2 Å². The van der Waals surface area contributed by atoms with Crippen LogP contribution in [0.4, 0.5) is 9.59 Å². The van der Waals surface area contributed by atoms with E-state index in [0.29, 0.717) is 25.8 Å². The smallest absolute Gasteiger partial charge is 0.408 e. The van der Waals surface area contributed by atoms with Gasteiger partial charge in [-0.15, -0.1) is 0 Å². The molecule has 0 aliphatic rings. The molecule has 0 spiro atoms. The lowest BCUT2D eigenvalue weighted by Gasteiger charge is -2.22. The van der Waals surface area contributed by atoms with Crippen LogP contribution in [0.2, 0.25) is 0 Å². The number of alkyl carbamates (subject to hydrolysis) is 2. The highest BCUT2D eigenvalue weighted by atomic mass is 16.6. The molecule has 1 rings (SSSR count). The molecular formula is C25H39N3O7. The van der Waals surface area contributed by atoms with Gasteiger partial charge in [-0.2, -0.15) is 0 Å². The molecule has 0 saturated carbocycles. The second kappa shape index (κ2) is 14.9. The number of hydrogen-bond acceptors (Lipinski definition) is 6. The third-order valence-electron chi connectivity index (χ3n) is 4.73. The predicted molar refractivity (Wildman–Crippen MR) is 131 cm³/mol. The fourth-order valence-corrected chi connectivity index (χ4v) is 3.12. The van der Waals surface area contributed by atoms with Crippen LogP contribution >= 0.6 is 0 Å². The molecular weight excluding hydrogens is 454 g/mol. The Morgan fingerprint density at radius 2 is 1.60 bits per heavy atom. The van der Waals surface area contributed by atoms with Gasteiger partial charge < -0.3 is 30.5 Å². The number of ether oxygens (including phenoxy) is 2. The third-order valence-corrected chi connectivity index (χ3v) is 4.73. The molecule has 196 valence electrons. The minimum absolute atomic E-state index is 0.0533. The average Bonchev–Trinajstić information content (AvgIpc) is 2.75. The van der Waals surface area contributed by atoms with E-state index >= 15 is 0 Å². The summed E-state index contributed by atoms with van der Waals surface area (Å²) >= 11 is 0. The molecule has 10 nitrogen and oxygen atoms in total. The van der Waals surface area contributed by atoms with Crippen LogP contribution in [0.15, 0.2) is 30.3 Å². The largest absolute Gasteiger partial charge is 0.480 e. The molecule has 0 bridgehead atoms. The molecule has 1 aromatic rings. The average molecular weight is 494 g/mol. The summed E-state index contributed by atoms with van der Waals surface area (Å²) < 4.78 is 10.3. The molecule has 35 heavy (non-hydrogen) atoms. The van der Waals surface area contributed by atoms with Crippen LogP contribution in [-0.2, 0) is 25.7 Å². The maximum Gasteiger partial charge on any atom is 0.408 e. The zero-order chi connectivity index (χ0) is 26.4. The summed E-state index contributed by atoms with van der Waals surface area (Å²) in [7, 11) is 0. The topological polar surface area (TPSA) is 143 Å². The van der Waals surface area contributed by atoms with Gasteiger partial charge in [-0.25, -0.2) is 14.4 Å². The Morgan fingerprint density at radius 3 is 2.17 bits per heavy atom. The van der Waals surface area contributed by atoms with Crippen LogP contribution in [0.1, 0.15) is 65.9 Å². The molecule has 3 amide bonds. The Morgan fingerprint density at radius 1 is 0.943 bits per heavy atom. The van der Waals surface area contributed by atoms with Gasteiger partial charge in [0.1, 0.15) is 24.3 Å². The maximum atomic E-state index is 12.8.